The summed E-state index contributed by atoms with van der Waals surface area (Å²) in [4.78, 5) is 18.0. The Morgan fingerprint density at radius 2 is 2.20 bits per heavy atom. The highest BCUT2D eigenvalue weighted by Crippen LogP contribution is 2.35. The minimum absolute atomic E-state index is 0.187. The SMILES string of the molecule is [N-]=[N+]=N[C@H]1C[C@H](n2cnc3nc(N)nc(N4CCCC4)c32)O[C@@H]1CO. The number of rotatable bonds is 4. The van der Waals surface area contributed by atoms with E-state index in [-0.39, 0.29) is 12.6 Å². The van der Waals surface area contributed by atoms with E-state index in [1.165, 1.54) is 0 Å². The number of ether oxygens (including phenoxy) is 1. The molecular weight excluding hydrogens is 326 g/mol. The molecule has 3 atom stereocenters. The molecule has 2 aliphatic rings. The number of imidazole rings is 1. The van der Waals surface area contributed by atoms with Gasteiger partial charge in [0.05, 0.1) is 25.1 Å². The van der Waals surface area contributed by atoms with E-state index in [0.717, 1.165) is 37.3 Å². The molecular formula is C14H19N9O2. The van der Waals surface area contributed by atoms with Crippen LogP contribution in [-0.4, -0.2) is 56.5 Å². The number of aromatic nitrogens is 4. The molecule has 2 aliphatic heterocycles. The lowest BCUT2D eigenvalue weighted by Crippen LogP contribution is -2.23. The Morgan fingerprint density at radius 1 is 1.40 bits per heavy atom. The van der Waals surface area contributed by atoms with Crippen molar-refractivity contribution in [1.29, 1.82) is 0 Å². The molecule has 2 aromatic rings. The molecule has 2 aromatic heterocycles. The molecule has 0 radical (unpaired) electrons. The summed E-state index contributed by atoms with van der Waals surface area (Å²) in [7, 11) is 0. The molecule has 0 spiro atoms. The van der Waals surface area contributed by atoms with Gasteiger partial charge in [0, 0.05) is 24.4 Å². The fourth-order valence-electron chi connectivity index (χ4n) is 3.55. The zero-order valence-corrected chi connectivity index (χ0v) is 13.6. The minimum atomic E-state index is -0.539. The largest absolute Gasteiger partial charge is 0.394 e. The monoisotopic (exact) mass is 345 g/mol. The molecule has 3 N–H and O–H groups in total. The van der Waals surface area contributed by atoms with Crippen molar-refractivity contribution in [2.24, 2.45) is 5.11 Å². The molecule has 11 heteroatoms. The van der Waals surface area contributed by atoms with Crippen molar-refractivity contribution in [1.82, 2.24) is 19.5 Å². The second-order valence-corrected chi connectivity index (χ2v) is 6.24. The number of nitrogen functional groups attached to an aromatic ring is 1. The number of aliphatic hydroxyl groups is 1. The number of nitrogens with two attached hydrogens (primary N) is 1. The van der Waals surface area contributed by atoms with Gasteiger partial charge in [0.25, 0.3) is 0 Å². The maximum Gasteiger partial charge on any atom is 0.224 e. The van der Waals surface area contributed by atoms with Crippen LogP contribution in [0, 0.1) is 0 Å². The predicted octanol–water partition coefficient (Wildman–Crippen LogP) is 0.967. The van der Waals surface area contributed by atoms with Crippen LogP contribution in [0.25, 0.3) is 21.6 Å². The molecule has 0 aliphatic carbocycles. The standard InChI is InChI=1S/C14H19N9O2/c15-14-18-12-11(13(19-14)22-3-1-2-4-22)23(7-17-12)10-5-8(20-21-16)9(6-24)25-10/h7-10,24H,1-6H2,(H2,15,18,19)/t8-,9+,10+/m0/s1. The van der Waals surface area contributed by atoms with Crippen LogP contribution in [-0.2, 0) is 4.74 Å². The quantitative estimate of drug-likeness (QED) is 0.476. The fraction of sp³-hybridized carbons (Fsp3) is 0.643. The average molecular weight is 345 g/mol. The number of azide groups is 1. The van der Waals surface area contributed by atoms with E-state index >= 15 is 0 Å². The predicted molar refractivity (Wildman–Crippen MR) is 89.7 cm³/mol. The Hall–Kier alpha value is -2.62. The van der Waals surface area contributed by atoms with Crippen LogP contribution in [0.3, 0.4) is 0 Å². The summed E-state index contributed by atoms with van der Waals surface area (Å²) < 4.78 is 7.72. The van der Waals surface area contributed by atoms with Gasteiger partial charge < -0.3 is 20.5 Å². The highest BCUT2D eigenvalue weighted by atomic mass is 16.5. The van der Waals surface area contributed by atoms with Crippen molar-refractivity contribution >= 4 is 22.9 Å². The van der Waals surface area contributed by atoms with E-state index in [1.54, 1.807) is 6.33 Å². The zero-order valence-electron chi connectivity index (χ0n) is 13.6. The third-order valence-electron chi connectivity index (χ3n) is 4.73. The number of hydrogen-bond donors (Lipinski definition) is 2. The summed E-state index contributed by atoms with van der Waals surface area (Å²) in [6.45, 7) is 1.60. The fourth-order valence-corrected chi connectivity index (χ4v) is 3.55. The molecule has 4 rings (SSSR count). The molecule has 0 bridgehead atoms. The second kappa shape index (κ2) is 6.36. The van der Waals surface area contributed by atoms with Gasteiger partial charge in [0.2, 0.25) is 5.95 Å². The van der Waals surface area contributed by atoms with Gasteiger partial charge in [-0.05, 0) is 18.4 Å². The van der Waals surface area contributed by atoms with Crippen molar-refractivity contribution in [2.75, 3.05) is 30.3 Å². The number of fused-ring (bicyclic) bond motifs is 1. The van der Waals surface area contributed by atoms with Gasteiger partial charge in [0.15, 0.2) is 11.5 Å². The summed E-state index contributed by atoms with van der Waals surface area (Å²) in [5.41, 5.74) is 15.8. The summed E-state index contributed by atoms with van der Waals surface area (Å²) in [5, 5.41) is 13.2. The molecule has 4 heterocycles. The maximum atomic E-state index is 9.47. The first-order valence-corrected chi connectivity index (χ1v) is 8.26. The summed E-state index contributed by atoms with van der Waals surface area (Å²) in [6.07, 6.45) is 3.34. The molecule has 0 unspecified atom stereocenters. The molecule has 0 aromatic carbocycles. The second-order valence-electron chi connectivity index (χ2n) is 6.24. The van der Waals surface area contributed by atoms with Crippen LogP contribution in [0.15, 0.2) is 11.4 Å². The first-order valence-electron chi connectivity index (χ1n) is 8.26. The van der Waals surface area contributed by atoms with Crippen LogP contribution in [0.2, 0.25) is 0 Å². The summed E-state index contributed by atoms with van der Waals surface area (Å²) >= 11 is 0. The third-order valence-corrected chi connectivity index (χ3v) is 4.73. The topological polar surface area (TPSA) is 151 Å². The minimum Gasteiger partial charge on any atom is -0.394 e. The molecule has 2 fully saturated rings. The molecule has 2 saturated heterocycles. The molecule has 11 nitrogen and oxygen atoms in total. The molecule has 0 amide bonds. The Bertz CT molecular complexity index is 825. The van der Waals surface area contributed by atoms with E-state index in [0.29, 0.717) is 12.1 Å². The highest BCUT2D eigenvalue weighted by Gasteiger charge is 2.36. The Kier molecular flexibility index (Phi) is 4.04. The number of hydrogen-bond acceptors (Lipinski definition) is 8. The number of anilines is 2. The van der Waals surface area contributed by atoms with E-state index in [4.69, 9.17) is 16.0 Å². The molecule has 0 saturated carbocycles. The van der Waals surface area contributed by atoms with E-state index in [1.807, 2.05) is 4.57 Å². The Labute approximate surface area is 143 Å². The van der Waals surface area contributed by atoms with Crippen LogP contribution < -0.4 is 10.6 Å². The van der Waals surface area contributed by atoms with Gasteiger partial charge in [-0.3, -0.25) is 4.57 Å². The van der Waals surface area contributed by atoms with Gasteiger partial charge in [0.1, 0.15) is 11.7 Å². The summed E-state index contributed by atoms with van der Waals surface area (Å²) in [6, 6.07) is -0.428. The lowest BCUT2D eigenvalue weighted by atomic mass is 10.1. The Balaban J connectivity index is 1.76. The van der Waals surface area contributed by atoms with Crippen molar-refractivity contribution in [3.05, 3.63) is 16.8 Å². The van der Waals surface area contributed by atoms with E-state index in [9.17, 15) is 5.11 Å². The van der Waals surface area contributed by atoms with Gasteiger partial charge in [-0.15, -0.1) is 0 Å². The highest BCUT2D eigenvalue weighted by molar-refractivity contribution is 5.85. The van der Waals surface area contributed by atoms with Crippen LogP contribution >= 0.6 is 0 Å². The lowest BCUT2D eigenvalue weighted by molar-refractivity contribution is -0.0230. The van der Waals surface area contributed by atoms with Crippen LogP contribution in [0.4, 0.5) is 11.8 Å². The first-order chi connectivity index (χ1) is 12.2. The number of nitrogens with zero attached hydrogens (tertiary/aromatic N) is 8. The van der Waals surface area contributed by atoms with Crippen molar-refractivity contribution < 1.29 is 9.84 Å². The van der Waals surface area contributed by atoms with Gasteiger partial charge in [-0.1, -0.05) is 5.11 Å². The zero-order chi connectivity index (χ0) is 17.4. The van der Waals surface area contributed by atoms with E-state index in [2.05, 4.69) is 29.9 Å². The third kappa shape index (κ3) is 2.72. The first kappa shape index (κ1) is 15.9. The lowest BCUT2D eigenvalue weighted by Gasteiger charge is -2.20. The number of aliphatic hydroxyl groups excluding tert-OH is 1. The van der Waals surface area contributed by atoms with Gasteiger partial charge in [-0.2, -0.15) is 9.97 Å². The van der Waals surface area contributed by atoms with E-state index < -0.39 is 18.4 Å². The maximum absolute atomic E-state index is 9.47. The smallest absolute Gasteiger partial charge is 0.224 e. The van der Waals surface area contributed by atoms with Gasteiger partial charge >= 0.3 is 0 Å². The van der Waals surface area contributed by atoms with Crippen molar-refractivity contribution in [2.45, 2.75) is 37.6 Å². The normalized spacial score (nSPS) is 26.3. The van der Waals surface area contributed by atoms with Crippen LogP contribution in [0.5, 0.6) is 0 Å². The van der Waals surface area contributed by atoms with Crippen LogP contribution in [0.1, 0.15) is 25.5 Å². The average Bonchev–Trinajstić information content (AvgIpc) is 3.33. The summed E-state index contributed by atoms with van der Waals surface area (Å²) in [5.74, 6) is 0.932. The molecule has 132 valence electrons. The Morgan fingerprint density at radius 3 is 2.92 bits per heavy atom. The molecule has 25 heavy (non-hydrogen) atoms. The van der Waals surface area contributed by atoms with Crippen molar-refractivity contribution in [3.8, 4) is 0 Å². The van der Waals surface area contributed by atoms with Crippen molar-refractivity contribution in [3.63, 3.8) is 0 Å². The van der Waals surface area contributed by atoms with Gasteiger partial charge in [-0.25, -0.2) is 4.98 Å².